The van der Waals surface area contributed by atoms with Gasteiger partial charge in [0.15, 0.2) is 0 Å². The average molecular weight is 465 g/mol. The van der Waals surface area contributed by atoms with Crippen LogP contribution in [0.4, 0.5) is 4.79 Å². The molecule has 0 saturated heterocycles. The zero-order chi connectivity index (χ0) is 24.5. The molecule has 2 aliphatic rings. The Morgan fingerprint density at radius 1 is 1.03 bits per heavy atom. The summed E-state index contributed by atoms with van der Waals surface area (Å²) in [5, 5.41) is 12.0. The number of hydrogen-bond donors (Lipinski definition) is 2. The van der Waals surface area contributed by atoms with Crippen LogP contribution in [0.25, 0.3) is 11.1 Å². The normalized spacial score (nSPS) is 15.7. The van der Waals surface area contributed by atoms with Gasteiger partial charge in [0.2, 0.25) is 5.91 Å². The van der Waals surface area contributed by atoms with Gasteiger partial charge in [-0.2, -0.15) is 0 Å². The first-order valence-corrected chi connectivity index (χ1v) is 11.8. The fourth-order valence-corrected chi connectivity index (χ4v) is 4.60. The van der Waals surface area contributed by atoms with Crippen LogP contribution in [0, 0.1) is 11.3 Å². The van der Waals surface area contributed by atoms with Crippen LogP contribution in [-0.2, 0) is 14.3 Å². The minimum Gasteiger partial charge on any atom is -0.480 e. The van der Waals surface area contributed by atoms with Crippen molar-refractivity contribution in [3.63, 3.8) is 0 Å². The summed E-state index contributed by atoms with van der Waals surface area (Å²) in [4.78, 5) is 38.9. The van der Waals surface area contributed by atoms with E-state index in [9.17, 15) is 19.5 Å². The molecule has 2 N–H and O–H groups in total. The lowest BCUT2D eigenvalue weighted by atomic mass is 9.85. The number of fused-ring (bicyclic) bond motifs is 3. The topological polar surface area (TPSA) is 95.9 Å². The van der Waals surface area contributed by atoms with Crippen LogP contribution in [0.3, 0.4) is 0 Å². The largest absolute Gasteiger partial charge is 0.480 e. The van der Waals surface area contributed by atoms with Crippen molar-refractivity contribution < 1.29 is 24.2 Å². The molecule has 0 aromatic heterocycles. The Kier molecular flexibility index (Phi) is 6.64. The maximum Gasteiger partial charge on any atom is 0.407 e. The molecule has 0 aliphatic heterocycles. The molecule has 34 heavy (non-hydrogen) atoms. The first-order chi connectivity index (χ1) is 16.1. The Bertz CT molecular complexity index is 1040. The fourth-order valence-electron chi connectivity index (χ4n) is 4.60. The number of hydrogen-bond acceptors (Lipinski definition) is 4. The number of carboxylic acid groups (broad SMARTS) is 1. The van der Waals surface area contributed by atoms with E-state index in [1.807, 2.05) is 57.2 Å². The molecule has 0 radical (unpaired) electrons. The van der Waals surface area contributed by atoms with E-state index in [1.165, 1.54) is 4.90 Å². The molecular formula is C27H32N2O5. The molecule has 0 heterocycles. The lowest BCUT2D eigenvalue weighted by Crippen LogP contribution is -2.56. The molecule has 180 valence electrons. The van der Waals surface area contributed by atoms with Crippen LogP contribution in [0.1, 0.15) is 50.7 Å². The SMILES string of the molecule is CC(C)(C)[C@H](NC(=O)OCC1c2ccccc2-c2ccccc21)C(=O)N(CC(=O)O)CC1CC1. The predicted molar refractivity (Wildman–Crippen MR) is 128 cm³/mol. The number of ether oxygens (including phenoxy) is 1. The Balaban J connectivity index is 1.46. The van der Waals surface area contributed by atoms with Gasteiger partial charge in [0.05, 0.1) is 0 Å². The third-order valence-corrected chi connectivity index (χ3v) is 6.53. The summed E-state index contributed by atoms with van der Waals surface area (Å²) < 4.78 is 5.63. The van der Waals surface area contributed by atoms with E-state index in [0.717, 1.165) is 35.1 Å². The minimum absolute atomic E-state index is 0.0830. The van der Waals surface area contributed by atoms with Crippen molar-refractivity contribution >= 4 is 18.0 Å². The van der Waals surface area contributed by atoms with E-state index in [4.69, 9.17) is 4.74 Å². The summed E-state index contributed by atoms with van der Waals surface area (Å²) >= 11 is 0. The van der Waals surface area contributed by atoms with E-state index in [2.05, 4.69) is 17.4 Å². The Morgan fingerprint density at radius 2 is 1.59 bits per heavy atom. The quantitative estimate of drug-likeness (QED) is 0.609. The molecule has 2 aromatic carbocycles. The highest BCUT2D eigenvalue weighted by Gasteiger charge is 2.39. The summed E-state index contributed by atoms with van der Waals surface area (Å²) in [6.07, 6.45) is 1.30. The predicted octanol–water partition coefficient (Wildman–Crippen LogP) is 4.26. The summed E-state index contributed by atoms with van der Waals surface area (Å²) in [6, 6.07) is 15.3. The van der Waals surface area contributed by atoms with Gasteiger partial charge in [-0.25, -0.2) is 4.79 Å². The van der Waals surface area contributed by atoms with Crippen molar-refractivity contribution in [1.82, 2.24) is 10.2 Å². The van der Waals surface area contributed by atoms with Gasteiger partial charge in [0.25, 0.3) is 0 Å². The van der Waals surface area contributed by atoms with Crippen LogP contribution in [0.5, 0.6) is 0 Å². The van der Waals surface area contributed by atoms with Gasteiger partial charge in [0.1, 0.15) is 19.2 Å². The van der Waals surface area contributed by atoms with Crippen molar-refractivity contribution in [2.24, 2.45) is 11.3 Å². The van der Waals surface area contributed by atoms with Crippen LogP contribution in [-0.4, -0.2) is 53.7 Å². The molecule has 7 heteroatoms. The van der Waals surface area contributed by atoms with E-state index in [1.54, 1.807) is 0 Å². The Morgan fingerprint density at radius 3 is 2.09 bits per heavy atom. The fraction of sp³-hybridized carbons (Fsp3) is 0.444. The number of amides is 2. The van der Waals surface area contributed by atoms with Gasteiger partial charge >= 0.3 is 12.1 Å². The standard InChI is InChI=1S/C27H32N2O5/c1-27(2,3)24(25(32)29(15-23(30)31)14-17-12-13-17)28-26(33)34-16-22-20-10-6-4-8-18(20)19-9-5-7-11-21(19)22/h4-11,17,22,24H,12-16H2,1-3H3,(H,28,33)(H,30,31)/t24-/m1/s1. The number of carbonyl (C=O) groups excluding carboxylic acids is 2. The van der Waals surface area contributed by atoms with Gasteiger partial charge in [-0.3, -0.25) is 9.59 Å². The van der Waals surface area contributed by atoms with E-state index < -0.39 is 29.4 Å². The minimum atomic E-state index is -1.07. The van der Waals surface area contributed by atoms with Gasteiger partial charge in [0, 0.05) is 12.5 Å². The second-order valence-corrected chi connectivity index (χ2v) is 10.3. The van der Waals surface area contributed by atoms with Crippen LogP contribution in [0.15, 0.2) is 48.5 Å². The van der Waals surface area contributed by atoms with E-state index in [0.29, 0.717) is 12.5 Å². The highest BCUT2D eigenvalue weighted by molar-refractivity contribution is 5.89. The van der Waals surface area contributed by atoms with Gasteiger partial charge in [-0.1, -0.05) is 69.3 Å². The summed E-state index contributed by atoms with van der Waals surface area (Å²) in [7, 11) is 0. The van der Waals surface area contributed by atoms with Crippen LogP contribution >= 0.6 is 0 Å². The molecule has 1 fully saturated rings. The number of nitrogens with one attached hydrogen (secondary N) is 1. The van der Waals surface area contributed by atoms with Crippen molar-refractivity contribution in [3.8, 4) is 11.1 Å². The summed E-state index contributed by atoms with van der Waals surface area (Å²) in [6.45, 7) is 5.68. The van der Waals surface area contributed by atoms with Crippen molar-refractivity contribution in [3.05, 3.63) is 59.7 Å². The highest BCUT2D eigenvalue weighted by Crippen LogP contribution is 2.44. The molecule has 2 aliphatic carbocycles. The molecule has 1 atom stereocenters. The van der Waals surface area contributed by atoms with Crippen molar-refractivity contribution in [1.29, 1.82) is 0 Å². The number of rotatable bonds is 8. The molecule has 7 nitrogen and oxygen atoms in total. The number of carbonyl (C=O) groups is 3. The molecule has 2 amide bonds. The number of alkyl carbamates (subject to hydrolysis) is 1. The average Bonchev–Trinajstić information content (AvgIpc) is 3.54. The molecule has 1 saturated carbocycles. The zero-order valence-corrected chi connectivity index (χ0v) is 19.9. The molecular weight excluding hydrogens is 432 g/mol. The number of benzene rings is 2. The zero-order valence-electron chi connectivity index (χ0n) is 19.9. The van der Waals surface area contributed by atoms with E-state index in [-0.39, 0.29) is 19.1 Å². The highest BCUT2D eigenvalue weighted by atomic mass is 16.5. The third-order valence-electron chi connectivity index (χ3n) is 6.53. The van der Waals surface area contributed by atoms with Crippen molar-refractivity contribution in [2.75, 3.05) is 19.7 Å². The van der Waals surface area contributed by atoms with Crippen molar-refractivity contribution in [2.45, 2.75) is 45.6 Å². The smallest absolute Gasteiger partial charge is 0.407 e. The Labute approximate surface area is 200 Å². The number of aliphatic carboxylic acids is 1. The second-order valence-electron chi connectivity index (χ2n) is 10.3. The lowest BCUT2D eigenvalue weighted by molar-refractivity contribution is -0.146. The molecule has 0 unspecified atom stereocenters. The maximum absolute atomic E-state index is 13.3. The van der Waals surface area contributed by atoms with Gasteiger partial charge in [-0.15, -0.1) is 0 Å². The number of nitrogens with zero attached hydrogens (tertiary/aromatic N) is 1. The van der Waals surface area contributed by atoms with Gasteiger partial charge < -0.3 is 20.1 Å². The molecule has 2 aromatic rings. The first-order valence-electron chi connectivity index (χ1n) is 11.8. The van der Waals surface area contributed by atoms with Gasteiger partial charge in [-0.05, 0) is 46.4 Å². The second kappa shape index (κ2) is 9.49. The first kappa shape index (κ1) is 23.8. The molecule has 0 bridgehead atoms. The third kappa shape index (κ3) is 5.24. The molecule has 0 spiro atoms. The van der Waals surface area contributed by atoms with E-state index >= 15 is 0 Å². The van der Waals surface area contributed by atoms with Crippen LogP contribution < -0.4 is 5.32 Å². The lowest BCUT2D eigenvalue weighted by Gasteiger charge is -2.34. The summed E-state index contributed by atoms with van der Waals surface area (Å²) in [5.41, 5.74) is 3.87. The summed E-state index contributed by atoms with van der Waals surface area (Å²) in [5.74, 6) is -1.21. The Hall–Kier alpha value is -3.35. The maximum atomic E-state index is 13.3. The monoisotopic (exact) mass is 464 g/mol. The van der Waals surface area contributed by atoms with Crippen LogP contribution in [0.2, 0.25) is 0 Å². The number of carboxylic acids is 1. The molecule has 4 rings (SSSR count).